The molecule has 3 atom stereocenters. The third kappa shape index (κ3) is 16.1. The lowest BCUT2D eigenvalue weighted by atomic mass is 9.85. The molecule has 3 N–H and O–H groups in total. The lowest BCUT2D eigenvalue weighted by Crippen LogP contribution is -2.56. The van der Waals surface area contributed by atoms with Gasteiger partial charge in [-0.3, -0.25) is 9.59 Å². The molecule has 0 bridgehead atoms. The zero-order valence-electron chi connectivity index (χ0n) is 30.3. The highest BCUT2D eigenvalue weighted by molar-refractivity contribution is 5.82. The molecule has 9 heteroatoms. The third-order valence-electron chi connectivity index (χ3n) is 9.09. The van der Waals surface area contributed by atoms with Gasteiger partial charge < -0.3 is 30.2 Å². The van der Waals surface area contributed by atoms with Crippen LogP contribution in [0.1, 0.15) is 158 Å². The SMILES string of the molecule is CCCCCCC=CCCCCCCCCC(C)(C)NC(=O)NC1CCCC1OC(=O)CCNC(=O)C1OC(C)(C)OCC1(C)C. The minimum atomic E-state index is -0.841. The summed E-state index contributed by atoms with van der Waals surface area (Å²) < 4.78 is 17.3. The predicted octanol–water partition coefficient (Wildman–Crippen LogP) is 7.86. The Hall–Kier alpha value is -2.13. The summed E-state index contributed by atoms with van der Waals surface area (Å²) in [6.07, 6.45) is 22.1. The van der Waals surface area contributed by atoms with Gasteiger partial charge in [0.1, 0.15) is 12.2 Å². The van der Waals surface area contributed by atoms with Crippen molar-refractivity contribution in [3.8, 4) is 0 Å². The number of carbonyl (C=O) groups is 3. The molecule has 0 spiro atoms. The number of nitrogens with one attached hydrogen (secondary N) is 3. The Morgan fingerprint density at radius 3 is 2.20 bits per heavy atom. The molecule has 1 saturated heterocycles. The molecule has 0 aromatic rings. The van der Waals surface area contributed by atoms with Gasteiger partial charge in [0.25, 0.3) is 0 Å². The maximum absolute atomic E-state index is 12.9. The summed E-state index contributed by atoms with van der Waals surface area (Å²) in [6, 6.07) is -0.436. The van der Waals surface area contributed by atoms with Crippen molar-refractivity contribution >= 4 is 17.9 Å². The van der Waals surface area contributed by atoms with Gasteiger partial charge in [-0.25, -0.2) is 4.79 Å². The van der Waals surface area contributed by atoms with Crippen molar-refractivity contribution in [3.05, 3.63) is 12.2 Å². The van der Waals surface area contributed by atoms with Gasteiger partial charge in [0.05, 0.1) is 19.1 Å². The molecule has 1 aliphatic heterocycles. The van der Waals surface area contributed by atoms with Crippen LogP contribution in [-0.2, 0) is 23.8 Å². The minimum absolute atomic E-state index is 0.0530. The highest BCUT2D eigenvalue weighted by Crippen LogP contribution is 2.35. The molecule has 2 rings (SSSR count). The molecular formula is C37H67N3O6. The van der Waals surface area contributed by atoms with Crippen molar-refractivity contribution in [1.82, 2.24) is 16.0 Å². The van der Waals surface area contributed by atoms with E-state index in [-0.39, 0.29) is 48.6 Å². The van der Waals surface area contributed by atoms with Gasteiger partial charge in [0, 0.05) is 17.5 Å². The Balaban J connectivity index is 1.58. The van der Waals surface area contributed by atoms with Crippen LogP contribution in [0.4, 0.5) is 4.79 Å². The third-order valence-corrected chi connectivity index (χ3v) is 9.09. The van der Waals surface area contributed by atoms with Crippen molar-refractivity contribution in [3.63, 3.8) is 0 Å². The van der Waals surface area contributed by atoms with Crippen LogP contribution < -0.4 is 16.0 Å². The van der Waals surface area contributed by atoms with Crippen LogP contribution in [0.25, 0.3) is 0 Å². The number of esters is 1. The summed E-state index contributed by atoms with van der Waals surface area (Å²) in [4.78, 5) is 38.3. The first-order valence-corrected chi connectivity index (χ1v) is 18.3. The highest BCUT2D eigenvalue weighted by Gasteiger charge is 2.45. The van der Waals surface area contributed by atoms with E-state index in [1.165, 1.54) is 70.6 Å². The molecule has 9 nitrogen and oxygen atoms in total. The Kier molecular flexibility index (Phi) is 17.7. The summed E-state index contributed by atoms with van der Waals surface area (Å²) in [6.45, 7) is 14.4. The van der Waals surface area contributed by atoms with Gasteiger partial charge in [0.2, 0.25) is 5.91 Å². The number of hydrogen-bond acceptors (Lipinski definition) is 6. The lowest BCUT2D eigenvalue weighted by Gasteiger charge is -2.44. The number of carbonyl (C=O) groups excluding carboxylic acids is 3. The molecule has 0 aromatic carbocycles. The average Bonchev–Trinajstić information content (AvgIpc) is 3.39. The summed E-state index contributed by atoms with van der Waals surface area (Å²) in [5, 5.41) is 8.99. The van der Waals surface area contributed by atoms with Gasteiger partial charge in [-0.1, -0.05) is 84.3 Å². The topological polar surface area (TPSA) is 115 Å². The van der Waals surface area contributed by atoms with E-state index in [9.17, 15) is 14.4 Å². The monoisotopic (exact) mass is 650 g/mol. The first-order chi connectivity index (χ1) is 21.7. The number of hydrogen-bond donors (Lipinski definition) is 3. The average molecular weight is 650 g/mol. The fraction of sp³-hybridized carbons (Fsp3) is 0.865. The highest BCUT2D eigenvalue weighted by atomic mass is 16.7. The second-order valence-corrected chi connectivity index (χ2v) is 15.2. The van der Waals surface area contributed by atoms with Crippen LogP contribution in [0.3, 0.4) is 0 Å². The van der Waals surface area contributed by atoms with E-state index in [4.69, 9.17) is 14.2 Å². The maximum Gasteiger partial charge on any atom is 0.315 e. The molecule has 3 unspecified atom stereocenters. The Morgan fingerprint density at radius 1 is 0.891 bits per heavy atom. The lowest BCUT2D eigenvalue weighted by molar-refractivity contribution is -0.304. The number of rotatable bonds is 21. The Bertz CT molecular complexity index is 947. The van der Waals surface area contributed by atoms with Gasteiger partial charge >= 0.3 is 12.0 Å². The fourth-order valence-corrected chi connectivity index (χ4v) is 6.20. The molecule has 0 radical (unpaired) electrons. The summed E-state index contributed by atoms with van der Waals surface area (Å²) in [7, 11) is 0. The largest absolute Gasteiger partial charge is 0.460 e. The quantitative estimate of drug-likeness (QED) is 0.0663. The summed E-state index contributed by atoms with van der Waals surface area (Å²) in [5.74, 6) is -1.49. The van der Waals surface area contributed by atoms with E-state index in [0.29, 0.717) is 13.0 Å². The number of unbranched alkanes of at least 4 members (excludes halogenated alkanes) is 10. The van der Waals surface area contributed by atoms with Gasteiger partial charge in [-0.15, -0.1) is 0 Å². The number of ether oxygens (including phenoxy) is 3. The first kappa shape index (κ1) is 40.0. The second kappa shape index (κ2) is 20.3. The zero-order chi connectivity index (χ0) is 34.1. The molecule has 2 fully saturated rings. The van der Waals surface area contributed by atoms with E-state index in [1.54, 1.807) is 13.8 Å². The zero-order valence-corrected chi connectivity index (χ0v) is 30.3. The molecule has 266 valence electrons. The van der Waals surface area contributed by atoms with Crippen LogP contribution >= 0.6 is 0 Å². The van der Waals surface area contributed by atoms with Crippen molar-refractivity contribution in [2.75, 3.05) is 13.2 Å². The van der Waals surface area contributed by atoms with Crippen LogP contribution in [0, 0.1) is 5.41 Å². The number of allylic oxidation sites excluding steroid dienone is 2. The van der Waals surface area contributed by atoms with Gasteiger partial charge in [-0.2, -0.15) is 0 Å². The molecule has 46 heavy (non-hydrogen) atoms. The molecule has 0 aromatic heterocycles. The van der Waals surface area contributed by atoms with E-state index in [0.717, 1.165) is 25.7 Å². The Morgan fingerprint density at radius 2 is 1.52 bits per heavy atom. The summed E-state index contributed by atoms with van der Waals surface area (Å²) >= 11 is 0. The molecule has 1 aliphatic carbocycles. The van der Waals surface area contributed by atoms with Crippen molar-refractivity contribution < 1.29 is 28.6 Å². The molecule has 1 saturated carbocycles. The standard InChI is InChI=1S/C37H67N3O6/c1-8-9-10-11-12-13-14-15-16-17-18-19-20-21-26-36(4,5)40-34(43)39-29-23-22-24-30(29)45-31(41)25-27-38-33(42)32-35(2,3)28-44-37(6,7)46-32/h13-14,29-30,32H,8-12,15-28H2,1-7H3,(H,38,42)(H2,39,40,43). The summed E-state index contributed by atoms with van der Waals surface area (Å²) in [5.41, 5.74) is -0.796. The number of amides is 3. The molecule has 3 amide bonds. The van der Waals surface area contributed by atoms with Gasteiger partial charge in [0.15, 0.2) is 5.79 Å². The molecular weight excluding hydrogens is 582 g/mol. The second-order valence-electron chi connectivity index (χ2n) is 15.2. The van der Waals surface area contributed by atoms with Crippen LogP contribution in [-0.4, -0.2) is 60.6 Å². The van der Waals surface area contributed by atoms with Crippen molar-refractivity contribution in [2.45, 2.75) is 187 Å². The van der Waals surface area contributed by atoms with Crippen molar-refractivity contribution in [1.29, 1.82) is 0 Å². The first-order valence-electron chi connectivity index (χ1n) is 18.3. The van der Waals surface area contributed by atoms with Crippen LogP contribution in [0.2, 0.25) is 0 Å². The Labute approximate surface area is 280 Å². The smallest absolute Gasteiger partial charge is 0.315 e. The van der Waals surface area contributed by atoms with E-state index in [1.807, 2.05) is 13.8 Å². The molecule has 2 aliphatic rings. The van der Waals surface area contributed by atoms with E-state index in [2.05, 4.69) is 48.9 Å². The fourth-order valence-electron chi connectivity index (χ4n) is 6.20. The minimum Gasteiger partial charge on any atom is -0.460 e. The van der Waals surface area contributed by atoms with Crippen LogP contribution in [0.5, 0.6) is 0 Å². The number of urea groups is 1. The normalized spacial score (nSPS) is 22.5. The predicted molar refractivity (Wildman–Crippen MR) is 184 cm³/mol. The van der Waals surface area contributed by atoms with Crippen molar-refractivity contribution in [2.24, 2.45) is 5.41 Å². The van der Waals surface area contributed by atoms with E-state index < -0.39 is 17.3 Å². The van der Waals surface area contributed by atoms with Gasteiger partial charge in [-0.05, 0) is 79.1 Å². The molecule has 1 heterocycles. The maximum atomic E-state index is 12.9. The van der Waals surface area contributed by atoms with E-state index >= 15 is 0 Å². The van der Waals surface area contributed by atoms with Crippen LogP contribution in [0.15, 0.2) is 12.2 Å².